The van der Waals surface area contributed by atoms with E-state index in [2.05, 4.69) is 15.5 Å². The van der Waals surface area contributed by atoms with E-state index in [0.717, 1.165) is 0 Å². The summed E-state index contributed by atoms with van der Waals surface area (Å²) in [4.78, 5) is 24.2. The van der Waals surface area contributed by atoms with E-state index >= 15 is 0 Å². The number of halogens is 1. The Morgan fingerprint density at radius 2 is 1.93 bits per heavy atom. The van der Waals surface area contributed by atoms with E-state index in [0.29, 0.717) is 23.5 Å². The molecule has 2 aromatic heterocycles. The molecule has 0 bridgehead atoms. The van der Waals surface area contributed by atoms with Crippen LogP contribution in [0.3, 0.4) is 0 Å². The maximum Gasteiger partial charge on any atom is 0.224 e. The third-order valence-corrected chi connectivity index (χ3v) is 4.49. The summed E-state index contributed by atoms with van der Waals surface area (Å²) in [7, 11) is 0. The Balaban J connectivity index is 1.78. The molecule has 0 aliphatic rings. The standard InChI is InChI=1S/C22H18FN5O2/c1-2-21(30)25-15-6-5-7-16(14-15)27-13-11-20(29)22(26-27)19-10-12-24-28(19)18-9-4-3-8-17(18)23/h3-14H,2H2,1H3,(H,25,30). The molecule has 0 aliphatic carbocycles. The largest absolute Gasteiger partial charge is 0.326 e. The minimum Gasteiger partial charge on any atom is -0.326 e. The molecule has 0 fully saturated rings. The number of hydrogen-bond acceptors (Lipinski definition) is 4. The Labute approximate surface area is 171 Å². The van der Waals surface area contributed by atoms with Crippen LogP contribution < -0.4 is 10.7 Å². The first-order chi connectivity index (χ1) is 14.6. The van der Waals surface area contributed by atoms with Gasteiger partial charge in [0, 0.05) is 24.4 Å². The molecule has 0 aliphatic heterocycles. The molecule has 30 heavy (non-hydrogen) atoms. The molecule has 0 saturated carbocycles. The van der Waals surface area contributed by atoms with Gasteiger partial charge in [-0.15, -0.1) is 0 Å². The molecule has 2 aromatic carbocycles. The smallest absolute Gasteiger partial charge is 0.224 e. The van der Waals surface area contributed by atoms with Crippen LogP contribution in [0.1, 0.15) is 13.3 Å². The van der Waals surface area contributed by atoms with Crippen LogP contribution in [0, 0.1) is 5.82 Å². The third-order valence-electron chi connectivity index (χ3n) is 4.49. The summed E-state index contributed by atoms with van der Waals surface area (Å²) in [6.45, 7) is 1.77. The summed E-state index contributed by atoms with van der Waals surface area (Å²) < 4.78 is 17.1. The SMILES string of the molecule is CCC(=O)Nc1cccc(-n2ccc(=O)c(-c3ccnn3-c3ccccc3F)n2)c1. The maximum atomic E-state index is 14.3. The molecule has 150 valence electrons. The van der Waals surface area contributed by atoms with E-state index in [4.69, 9.17) is 0 Å². The highest BCUT2D eigenvalue weighted by Crippen LogP contribution is 2.21. The molecule has 0 unspecified atom stereocenters. The van der Waals surface area contributed by atoms with Crippen molar-refractivity contribution in [3.63, 3.8) is 0 Å². The van der Waals surface area contributed by atoms with Crippen molar-refractivity contribution >= 4 is 11.6 Å². The lowest BCUT2D eigenvalue weighted by Gasteiger charge is -2.11. The van der Waals surface area contributed by atoms with Crippen molar-refractivity contribution in [2.45, 2.75) is 13.3 Å². The van der Waals surface area contributed by atoms with Crippen molar-refractivity contribution < 1.29 is 9.18 Å². The predicted octanol–water partition coefficient (Wildman–Crippen LogP) is 3.57. The number of rotatable bonds is 5. The van der Waals surface area contributed by atoms with E-state index in [1.807, 2.05) is 0 Å². The fourth-order valence-electron chi connectivity index (χ4n) is 3.00. The average molecular weight is 403 g/mol. The molecule has 1 N–H and O–H groups in total. The van der Waals surface area contributed by atoms with E-state index in [9.17, 15) is 14.0 Å². The van der Waals surface area contributed by atoms with Gasteiger partial charge in [-0.05, 0) is 36.4 Å². The fraction of sp³-hybridized carbons (Fsp3) is 0.0909. The van der Waals surface area contributed by atoms with Crippen LogP contribution in [0.2, 0.25) is 0 Å². The second-order valence-corrected chi connectivity index (χ2v) is 6.50. The highest BCUT2D eigenvalue weighted by Gasteiger charge is 2.15. The molecular weight excluding hydrogens is 385 g/mol. The predicted molar refractivity (Wildman–Crippen MR) is 111 cm³/mol. The fourth-order valence-corrected chi connectivity index (χ4v) is 3.00. The van der Waals surface area contributed by atoms with Gasteiger partial charge in [0.1, 0.15) is 11.5 Å². The monoisotopic (exact) mass is 403 g/mol. The molecule has 8 heteroatoms. The Hall–Kier alpha value is -4.07. The summed E-state index contributed by atoms with van der Waals surface area (Å²) >= 11 is 0. The quantitative estimate of drug-likeness (QED) is 0.552. The number of nitrogens with zero attached hydrogens (tertiary/aromatic N) is 4. The molecule has 1 amide bonds. The Morgan fingerprint density at radius 1 is 1.10 bits per heavy atom. The van der Waals surface area contributed by atoms with Gasteiger partial charge in [-0.2, -0.15) is 10.2 Å². The van der Waals surface area contributed by atoms with Crippen LogP contribution in [0.25, 0.3) is 22.8 Å². The van der Waals surface area contributed by atoms with Gasteiger partial charge in [-0.3, -0.25) is 9.59 Å². The van der Waals surface area contributed by atoms with Crippen molar-refractivity contribution in [3.8, 4) is 22.8 Å². The van der Waals surface area contributed by atoms with Gasteiger partial charge >= 0.3 is 0 Å². The zero-order valence-corrected chi connectivity index (χ0v) is 16.1. The lowest BCUT2D eigenvalue weighted by atomic mass is 10.2. The van der Waals surface area contributed by atoms with Gasteiger partial charge < -0.3 is 5.32 Å². The molecule has 0 radical (unpaired) electrons. The van der Waals surface area contributed by atoms with Gasteiger partial charge in [-0.1, -0.05) is 25.1 Å². The summed E-state index contributed by atoms with van der Waals surface area (Å²) in [5, 5.41) is 11.4. The average Bonchev–Trinajstić information content (AvgIpc) is 3.24. The number of amides is 1. The number of carbonyl (C=O) groups excluding carboxylic acids is 1. The first-order valence-electron chi connectivity index (χ1n) is 9.36. The summed E-state index contributed by atoms with van der Waals surface area (Å²) in [6, 6.07) is 16.3. The van der Waals surface area contributed by atoms with Crippen LogP contribution in [-0.4, -0.2) is 25.5 Å². The van der Waals surface area contributed by atoms with Crippen LogP contribution in [0.15, 0.2) is 77.9 Å². The van der Waals surface area contributed by atoms with E-state index in [1.165, 1.54) is 33.9 Å². The maximum absolute atomic E-state index is 14.3. The van der Waals surface area contributed by atoms with E-state index < -0.39 is 5.82 Å². The van der Waals surface area contributed by atoms with Crippen LogP contribution in [0.5, 0.6) is 0 Å². The second-order valence-electron chi connectivity index (χ2n) is 6.50. The molecular formula is C22H18FN5O2. The Kier molecular flexibility index (Phi) is 5.21. The van der Waals surface area contributed by atoms with Gasteiger partial charge in [0.05, 0.1) is 17.6 Å². The number of para-hydroxylation sites is 1. The van der Waals surface area contributed by atoms with Crippen molar-refractivity contribution in [1.29, 1.82) is 0 Å². The molecule has 4 aromatic rings. The number of anilines is 1. The van der Waals surface area contributed by atoms with Crippen molar-refractivity contribution in [1.82, 2.24) is 19.6 Å². The highest BCUT2D eigenvalue weighted by atomic mass is 19.1. The lowest BCUT2D eigenvalue weighted by molar-refractivity contribution is -0.115. The normalized spacial score (nSPS) is 10.7. The van der Waals surface area contributed by atoms with Gasteiger partial charge in [0.15, 0.2) is 5.69 Å². The lowest BCUT2D eigenvalue weighted by Crippen LogP contribution is -2.15. The van der Waals surface area contributed by atoms with Gasteiger partial charge in [0.25, 0.3) is 0 Å². The molecule has 0 spiro atoms. The highest BCUT2D eigenvalue weighted by molar-refractivity contribution is 5.90. The molecule has 7 nitrogen and oxygen atoms in total. The first kappa shape index (κ1) is 19.3. The third kappa shape index (κ3) is 3.75. The summed E-state index contributed by atoms with van der Waals surface area (Å²) in [5.41, 5.74) is 1.68. The van der Waals surface area contributed by atoms with Crippen LogP contribution in [0.4, 0.5) is 10.1 Å². The Bertz CT molecular complexity index is 1280. The van der Waals surface area contributed by atoms with Crippen molar-refractivity contribution in [3.05, 3.63) is 89.1 Å². The Morgan fingerprint density at radius 3 is 2.73 bits per heavy atom. The van der Waals surface area contributed by atoms with Crippen molar-refractivity contribution in [2.24, 2.45) is 0 Å². The zero-order valence-electron chi connectivity index (χ0n) is 16.1. The number of hydrogen-bond donors (Lipinski definition) is 1. The van der Waals surface area contributed by atoms with Gasteiger partial charge in [0.2, 0.25) is 11.3 Å². The molecule has 4 rings (SSSR count). The molecule has 2 heterocycles. The van der Waals surface area contributed by atoms with E-state index in [-0.39, 0.29) is 22.7 Å². The molecule has 0 saturated heterocycles. The minimum atomic E-state index is -0.460. The molecule has 0 atom stereocenters. The topological polar surface area (TPSA) is 81.8 Å². The number of benzene rings is 2. The zero-order chi connectivity index (χ0) is 21.1. The summed E-state index contributed by atoms with van der Waals surface area (Å²) in [5.74, 6) is -0.562. The van der Waals surface area contributed by atoms with Crippen molar-refractivity contribution in [2.75, 3.05) is 5.32 Å². The van der Waals surface area contributed by atoms with Crippen LogP contribution in [-0.2, 0) is 4.79 Å². The van der Waals surface area contributed by atoms with E-state index in [1.54, 1.807) is 55.5 Å². The number of aromatic nitrogens is 4. The number of carbonyl (C=O) groups is 1. The second kappa shape index (κ2) is 8.12. The minimum absolute atomic E-state index is 0.102. The first-order valence-corrected chi connectivity index (χ1v) is 9.36. The van der Waals surface area contributed by atoms with Gasteiger partial charge in [-0.25, -0.2) is 13.8 Å². The number of nitrogens with one attached hydrogen (secondary N) is 1. The summed E-state index contributed by atoms with van der Waals surface area (Å²) in [6.07, 6.45) is 3.39. The van der Waals surface area contributed by atoms with Crippen LogP contribution >= 0.6 is 0 Å².